The fraction of sp³-hybridized carbons (Fsp3) is 0.375. The summed E-state index contributed by atoms with van der Waals surface area (Å²) >= 11 is 2.92. The minimum atomic E-state index is -4.08. The quantitative estimate of drug-likeness (QED) is 0.689. The molecule has 98 valence electrons. The number of nitrogens with zero attached hydrogens (tertiary/aromatic N) is 3. The fourth-order valence-corrected chi connectivity index (χ4v) is 3.43. The number of carboxylic acids is 1. The van der Waals surface area contributed by atoms with Gasteiger partial charge in [0.05, 0.1) is 0 Å². The number of aromatic nitrogens is 3. The molecule has 0 fully saturated rings. The second kappa shape index (κ2) is 5.47. The highest BCUT2D eigenvalue weighted by molar-refractivity contribution is 9.10. The van der Waals surface area contributed by atoms with Crippen LogP contribution in [0.1, 0.15) is 6.42 Å². The second-order valence-electron chi connectivity index (χ2n) is 3.23. The van der Waals surface area contributed by atoms with Gasteiger partial charge in [-0.15, -0.1) is 17.4 Å². The Morgan fingerprint density at radius 1 is 1.72 bits per heavy atom. The largest absolute Gasteiger partial charge is 0.480 e. The predicted molar refractivity (Wildman–Crippen MR) is 63.9 cm³/mol. The Morgan fingerprint density at radius 2 is 2.33 bits per heavy atom. The number of carbonyl (C=O) groups is 1. The van der Waals surface area contributed by atoms with E-state index in [4.69, 9.17) is 11.5 Å². The number of sulfonamides is 1. The highest BCUT2D eigenvalue weighted by atomic mass is 79.9. The van der Waals surface area contributed by atoms with Gasteiger partial charge >= 0.3 is 5.97 Å². The van der Waals surface area contributed by atoms with Gasteiger partial charge in [0.1, 0.15) is 6.04 Å². The summed E-state index contributed by atoms with van der Waals surface area (Å²) in [5.74, 6) is 0.730. The zero-order valence-corrected chi connectivity index (χ0v) is 11.6. The minimum Gasteiger partial charge on any atom is -0.480 e. The summed E-state index contributed by atoms with van der Waals surface area (Å²) in [6.07, 6.45) is 4.71. The van der Waals surface area contributed by atoms with Crippen LogP contribution in [0.4, 0.5) is 0 Å². The number of rotatable bonds is 5. The van der Waals surface area contributed by atoms with Crippen molar-refractivity contribution in [3.63, 3.8) is 0 Å². The van der Waals surface area contributed by atoms with Crippen LogP contribution in [0.2, 0.25) is 0 Å². The van der Waals surface area contributed by atoms with Crippen molar-refractivity contribution in [1.29, 1.82) is 0 Å². The summed E-state index contributed by atoms with van der Waals surface area (Å²) < 4.78 is 26.9. The highest BCUT2D eigenvalue weighted by Gasteiger charge is 2.29. The summed E-state index contributed by atoms with van der Waals surface area (Å²) in [5.41, 5.74) is 0. The first-order valence-corrected chi connectivity index (χ1v) is 6.81. The average Bonchev–Trinajstić information content (AvgIpc) is 2.58. The molecule has 1 rings (SSSR count). The number of carboxylic acid groups (broad SMARTS) is 1. The molecule has 1 atom stereocenters. The Balaban J connectivity index is 3.09. The summed E-state index contributed by atoms with van der Waals surface area (Å²) in [7, 11) is -2.72. The zero-order valence-electron chi connectivity index (χ0n) is 9.16. The molecule has 1 unspecified atom stereocenters. The number of nitrogens with one attached hydrogen (secondary N) is 1. The lowest BCUT2D eigenvalue weighted by molar-refractivity contribution is -0.138. The van der Waals surface area contributed by atoms with E-state index in [2.05, 4.69) is 32.2 Å². The van der Waals surface area contributed by atoms with Gasteiger partial charge in [-0.2, -0.15) is 4.72 Å². The van der Waals surface area contributed by atoms with E-state index >= 15 is 0 Å². The molecule has 0 amide bonds. The van der Waals surface area contributed by atoms with Gasteiger partial charge in [0.15, 0.2) is 4.60 Å². The summed E-state index contributed by atoms with van der Waals surface area (Å²) in [6, 6.07) is -1.40. The van der Waals surface area contributed by atoms with Gasteiger partial charge in [0, 0.05) is 13.5 Å². The fourth-order valence-electron chi connectivity index (χ4n) is 1.15. The van der Waals surface area contributed by atoms with E-state index in [1.54, 1.807) is 0 Å². The third kappa shape index (κ3) is 3.06. The maximum Gasteiger partial charge on any atom is 0.322 e. The molecule has 1 aromatic heterocycles. The van der Waals surface area contributed by atoms with Crippen molar-refractivity contribution in [3.8, 4) is 12.3 Å². The molecular formula is C8H9BrN4O4S. The van der Waals surface area contributed by atoms with Gasteiger partial charge in [-0.1, -0.05) is 5.21 Å². The van der Waals surface area contributed by atoms with Gasteiger partial charge in [0.25, 0.3) is 10.0 Å². The molecule has 0 bridgehead atoms. The molecule has 0 aromatic carbocycles. The Kier molecular flexibility index (Phi) is 4.44. The van der Waals surface area contributed by atoms with E-state index in [-0.39, 0.29) is 16.0 Å². The molecule has 1 heterocycles. The van der Waals surface area contributed by atoms with Crippen molar-refractivity contribution in [2.45, 2.75) is 17.5 Å². The number of aliphatic carboxylic acids is 1. The van der Waals surface area contributed by atoms with Crippen molar-refractivity contribution in [3.05, 3.63) is 4.60 Å². The minimum absolute atomic E-state index is 0.0117. The first kappa shape index (κ1) is 14.6. The molecule has 0 saturated carbocycles. The monoisotopic (exact) mass is 336 g/mol. The lowest BCUT2D eigenvalue weighted by Crippen LogP contribution is -2.41. The van der Waals surface area contributed by atoms with E-state index in [1.165, 1.54) is 7.05 Å². The van der Waals surface area contributed by atoms with Crippen LogP contribution in [0, 0.1) is 12.3 Å². The van der Waals surface area contributed by atoms with E-state index in [1.807, 2.05) is 4.72 Å². The molecule has 0 radical (unpaired) electrons. The van der Waals surface area contributed by atoms with Crippen LogP contribution in [0.25, 0.3) is 0 Å². The van der Waals surface area contributed by atoms with E-state index in [9.17, 15) is 13.2 Å². The topological polar surface area (TPSA) is 114 Å². The van der Waals surface area contributed by atoms with E-state index in [0.717, 1.165) is 4.68 Å². The number of hydrogen-bond acceptors (Lipinski definition) is 5. The molecule has 8 nitrogen and oxygen atoms in total. The number of halogens is 1. The smallest absolute Gasteiger partial charge is 0.322 e. The SMILES string of the molecule is C#CCC(NS(=O)(=O)c1c(Br)nnn1C)C(=O)O. The molecular weight excluding hydrogens is 328 g/mol. The van der Waals surface area contributed by atoms with E-state index in [0.29, 0.717) is 0 Å². The Hall–Kier alpha value is -1.44. The lowest BCUT2D eigenvalue weighted by Gasteiger charge is -2.12. The normalized spacial score (nSPS) is 12.9. The molecule has 18 heavy (non-hydrogen) atoms. The van der Waals surface area contributed by atoms with Crippen LogP contribution in [-0.4, -0.2) is 40.5 Å². The Morgan fingerprint density at radius 3 is 2.72 bits per heavy atom. The lowest BCUT2D eigenvalue weighted by atomic mass is 10.2. The summed E-state index contributed by atoms with van der Waals surface area (Å²) in [4.78, 5) is 10.8. The van der Waals surface area contributed by atoms with Crippen LogP contribution in [0.5, 0.6) is 0 Å². The van der Waals surface area contributed by atoms with Crippen molar-refractivity contribution >= 4 is 31.9 Å². The first-order chi connectivity index (χ1) is 8.29. The van der Waals surface area contributed by atoms with Crippen molar-refractivity contribution in [1.82, 2.24) is 19.7 Å². The summed E-state index contributed by atoms with van der Waals surface area (Å²) in [6.45, 7) is 0. The molecule has 0 aliphatic carbocycles. The maximum atomic E-state index is 12.0. The van der Waals surface area contributed by atoms with Crippen LogP contribution >= 0.6 is 15.9 Å². The molecule has 0 saturated heterocycles. The van der Waals surface area contributed by atoms with Crippen molar-refractivity contribution < 1.29 is 18.3 Å². The van der Waals surface area contributed by atoms with Gasteiger partial charge in [-0.25, -0.2) is 13.1 Å². The number of hydrogen-bond donors (Lipinski definition) is 2. The highest BCUT2D eigenvalue weighted by Crippen LogP contribution is 2.18. The van der Waals surface area contributed by atoms with Gasteiger partial charge < -0.3 is 5.11 Å². The third-order valence-corrected chi connectivity index (χ3v) is 4.27. The second-order valence-corrected chi connectivity index (χ2v) is 5.61. The standard InChI is InChI=1S/C8H9BrN4O4S/c1-3-4-5(8(14)15)11-18(16,17)7-6(9)10-12-13(7)2/h1,5,11H,4H2,2H3,(H,14,15). The van der Waals surface area contributed by atoms with Gasteiger partial charge in [-0.05, 0) is 15.9 Å². The van der Waals surface area contributed by atoms with Crippen LogP contribution < -0.4 is 4.72 Å². The maximum absolute atomic E-state index is 12.0. The van der Waals surface area contributed by atoms with Crippen LogP contribution in [0.3, 0.4) is 0 Å². The van der Waals surface area contributed by atoms with Crippen LogP contribution in [-0.2, 0) is 21.9 Å². The average molecular weight is 337 g/mol. The molecule has 0 aliphatic heterocycles. The molecule has 1 aromatic rings. The Labute approximate surface area is 112 Å². The number of terminal acetylenes is 1. The van der Waals surface area contributed by atoms with Crippen molar-refractivity contribution in [2.75, 3.05) is 0 Å². The number of aryl methyl sites for hydroxylation is 1. The molecule has 10 heteroatoms. The Bertz CT molecular complexity index is 584. The first-order valence-electron chi connectivity index (χ1n) is 4.53. The predicted octanol–water partition coefficient (Wildman–Crippen LogP) is -0.668. The van der Waals surface area contributed by atoms with Gasteiger partial charge in [-0.3, -0.25) is 4.79 Å². The van der Waals surface area contributed by atoms with E-state index < -0.39 is 22.0 Å². The third-order valence-electron chi connectivity index (χ3n) is 1.91. The molecule has 0 spiro atoms. The van der Waals surface area contributed by atoms with Gasteiger partial charge in [0.2, 0.25) is 5.03 Å². The summed E-state index contributed by atoms with van der Waals surface area (Å²) in [5, 5.41) is 15.6. The molecule has 0 aliphatic rings. The van der Waals surface area contributed by atoms with Crippen LogP contribution in [0.15, 0.2) is 9.63 Å². The van der Waals surface area contributed by atoms with Crippen molar-refractivity contribution in [2.24, 2.45) is 7.05 Å². The zero-order chi connectivity index (χ0) is 13.9. The molecule has 2 N–H and O–H groups in total.